The molecule has 0 unspecified atom stereocenters. The average Bonchev–Trinajstić information content (AvgIpc) is 3.07. The second-order valence-electron chi connectivity index (χ2n) is 7.50. The van der Waals surface area contributed by atoms with Gasteiger partial charge in [0, 0.05) is 12.6 Å². The van der Waals surface area contributed by atoms with Gasteiger partial charge in [-0.2, -0.15) is 0 Å². The number of benzene rings is 2. The van der Waals surface area contributed by atoms with Gasteiger partial charge in [0.1, 0.15) is 6.61 Å². The van der Waals surface area contributed by atoms with Crippen molar-refractivity contribution in [3.63, 3.8) is 0 Å². The Bertz CT molecular complexity index is 1140. The number of ether oxygens (including phenoxy) is 1. The van der Waals surface area contributed by atoms with Crippen LogP contribution in [0.4, 0.5) is 0 Å². The molecule has 3 aromatic rings. The van der Waals surface area contributed by atoms with Crippen LogP contribution in [0.1, 0.15) is 42.0 Å². The van der Waals surface area contributed by atoms with Crippen LogP contribution in [0.3, 0.4) is 0 Å². The summed E-state index contributed by atoms with van der Waals surface area (Å²) < 4.78 is 7.94. The maximum atomic E-state index is 12.5. The quantitative estimate of drug-likeness (QED) is 0.465. The number of aromatic nitrogens is 3. The predicted molar refractivity (Wildman–Crippen MR) is 115 cm³/mol. The Morgan fingerprint density at radius 3 is 2.70 bits per heavy atom. The van der Waals surface area contributed by atoms with Gasteiger partial charge in [0.25, 0.3) is 0 Å². The normalized spacial score (nSPS) is 13.8. The molecule has 1 aliphatic rings. The topological polar surface area (TPSA) is 70.6 Å². The third-order valence-corrected chi connectivity index (χ3v) is 5.50. The summed E-state index contributed by atoms with van der Waals surface area (Å²) >= 11 is 0. The van der Waals surface area contributed by atoms with Crippen molar-refractivity contribution in [1.82, 2.24) is 14.3 Å². The van der Waals surface area contributed by atoms with Gasteiger partial charge in [-0.15, -0.1) is 5.10 Å². The zero-order chi connectivity index (χ0) is 21.1. The molecule has 1 aromatic heterocycles. The fraction of sp³-hybridized carbons (Fsp3) is 0.348. The van der Waals surface area contributed by atoms with E-state index in [-0.39, 0.29) is 18.3 Å². The van der Waals surface area contributed by atoms with Crippen molar-refractivity contribution >= 4 is 5.71 Å². The average molecular weight is 406 g/mol. The van der Waals surface area contributed by atoms with E-state index in [0.717, 1.165) is 29.7 Å². The SMILES string of the molecule is COc1nn(C)c(=O)n1-c1ccccc1CO/N=C(/C)c1ccc2c(c1)CCCC2. The summed E-state index contributed by atoms with van der Waals surface area (Å²) in [5.74, 6) is 0. The molecule has 0 N–H and O–H groups in total. The Morgan fingerprint density at radius 1 is 1.13 bits per heavy atom. The Kier molecular flexibility index (Phi) is 5.70. The lowest BCUT2D eigenvalue weighted by molar-refractivity contribution is 0.130. The van der Waals surface area contributed by atoms with Gasteiger partial charge in [-0.1, -0.05) is 35.5 Å². The Balaban J connectivity index is 1.55. The van der Waals surface area contributed by atoms with Crippen LogP contribution in [0.15, 0.2) is 52.4 Å². The van der Waals surface area contributed by atoms with Gasteiger partial charge in [-0.05, 0) is 61.4 Å². The van der Waals surface area contributed by atoms with Crippen LogP contribution in [0.2, 0.25) is 0 Å². The summed E-state index contributed by atoms with van der Waals surface area (Å²) in [6.07, 6.45) is 4.81. The Labute approximate surface area is 175 Å². The molecule has 7 nitrogen and oxygen atoms in total. The molecule has 4 rings (SSSR count). The van der Waals surface area contributed by atoms with E-state index in [0.29, 0.717) is 5.69 Å². The lowest BCUT2D eigenvalue weighted by atomic mass is 9.90. The number of hydrogen-bond donors (Lipinski definition) is 0. The summed E-state index contributed by atoms with van der Waals surface area (Å²) in [4.78, 5) is 18.2. The van der Waals surface area contributed by atoms with Crippen molar-refractivity contribution in [2.45, 2.75) is 39.2 Å². The molecule has 30 heavy (non-hydrogen) atoms. The van der Waals surface area contributed by atoms with Crippen LogP contribution in [0.25, 0.3) is 5.69 Å². The molecule has 0 saturated carbocycles. The third kappa shape index (κ3) is 3.87. The number of hydrogen-bond acceptors (Lipinski definition) is 5. The molecule has 0 atom stereocenters. The first-order valence-electron chi connectivity index (χ1n) is 10.2. The number of aryl methyl sites for hydroxylation is 3. The zero-order valence-electron chi connectivity index (χ0n) is 17.6. The van der Waals surface area contributed by atoms with E-state index >= 15 is 0 Å². The summed E-state index contributed by atoms with van der Waals surface area (Å²) in [6, 6.07) is 14.3. The van der Waals surface area contributed by atoms with Crippen molar-refractivity contribution in [2.24, 2.45) is 12.2 Å². The largest absolute Gasteiger partial charge is 0.467 e. The zero-order valence-corrected chi connectivity index (χ0v) is 17.6. The van der Waals surface area contributed by atoms with Crippen LogP contribution in [-0.4, -0.2) is 27.2 Å². The monoisotopic (exact) mass is 406 g/mol. The first kappa shape index (κ1) is 19.9. The summed E-state index contributed by atoms with van der Waals surface area (Å²) in [5, 5.41) is 8.43. The first-order valence-corrected chi connectivity index (χ1v) is 10.2. The standard InChI is InChI=1S/C23H26N4O3/c1-16(18-13-12-17-8-4-5-9-19(17)14-18)25-30-15-20-10-6-7-11-21(20)27-22(29-3)24-26(2)23(27)28/h6-7,10-14H,4-5,8-9,15H2,1-3H3/b25-16-. The highest BCUT2D eigenvalue weighted by molar-refractivity contribution is 5.98. The molecule has 0 bridgehead atoms. The molecular formula is C23H26N4O3. The smallest absolute Gasteiger partial charge is 0.353 e. The molecule has 1 aliphatic carbocycles. The second kappa shape index (κ2) is 8.57. The van der Waals surface area contributed by atoms with Crippen LogP contribution in [0.5, 0.6) is 6.01 Å². The van der Waals surface area contributed by atoms with Gasteiger partial charge in [0.15, 0.2) is 0 Å². The van der Waals surface area contributed by atoms with Gasteiger partial charge in [-0.3, -0.25) is 0 Å². The summed E-state index contributed by atoms with van der Waals surface area (Å²) in [5.41, 5.74) is 5.96. The van der Waals surface area contributed by atoms with E-state index in [9.17, 15) is 4.79 Å². The van der Waals surface area contributed by atoms with Crippen LogP contribution < -0.4 is 10.4 Å². The molecule has 1 heterocycles. The maximum absolute atomic E-state index is 12.5. The molecule has 0 spiro atoms. The van der Waals surface area contributed by atoms with Crippen molar-refractivity contribution < 1.29 is 9.57 Å². The molecule has 0 radical (unpaired) electrons. The highest BCUT2D eigenvalue weighted by Gasteiger charge is 2.16. The van der Waals surface area contributed by atoms with Gasteiger partial charge in [0.2, 0.25) is 0 Å². The highest BCUT2D eigenvalue weighted by atomic mass is 16.6. The fourth-order valence-electron chi connectivity index (χ4n) is 3.84. The number of methoxy groups -OCH3 is 1. The van der Waals surface area contributed by atoms with E-state index in [1.165, 1.54) is 40.3 Å². The number of oxime groups is 1. The van der Waals surface area contributed by atoms with Crippen molar-refractivity contribution in [3.05, 3.63) is 75.2 Å². The van der Waals surface area contributed by atoms with Crippen LogP contribution >= 0.6 is 0 Å². The van der Waals surface area contributed by atoms with E-state index in [4.69, 9.17) is 9.57 Å². The van der Waals surface area contributed by atoms with Gasteiger partial charge in [-0.25, -0.2) is 14.0 Å². The Morgan fingerprint density at radius 2 is 1.90 bits per heavy atom. The van der Waals surface area contributed by atoms with E-state index < -0.39 is 0 Å². The lowest BCUT2D eigenvalue weighted by Gasteiger charge is -2.16. The van der Waals surface area contributed by atoms with Crippen molar-refractivity contribution in [3.8, 4) is 11.7 Å². The van der Waals surface area contributed by atoms with E-state index in [2.05, 4.69) is 28.5 Å². The van der Waals surface area contributed by atoms with Crippen molar-refractivity contribution in [1.29, 1.82) is 0 Å². The molecule has 2 aromatic carbocycles. The number of para-hydroxylation sites is 1. The number of nitrogens with zero attached hydrogens (tertiary/aromatic N) is 4. The van der Waals surface area contributed by atoms with Crippen molar-refractivity contribution in [2.75, 3.05) is 7.11 Å². The molecule has 156 valence electrons. The van der Waals surface area contributed by atoms with E-state index in [1.54, 1.807) is 7.05 Å². The summed E-state index contributed by atoms with van der Waals surface area (Å²) in [7, 11) is 3.08. The van der Waals surface area contributed by atoms with E-state index in [1.807, 2.05) is 31.2 Å². The molecule has 0 fully saturated rings. The fourth-order valence-corrected chi connectivity index (χ4v) is 3.84. The minimum Gasteiger partial charge on any atom is -0.467 e. The second-order valence-corrected chi connectivity index (χ2v) is 7.50. The molecular weight excluding hydrogens is 380 g/mol. The third-order valence-electron chi connectivity index (χ3n) is 5.50. The number of fused-ring (bicyclic) bond motifs is 1. The molecule has 7 heteroatoms. The van der Waals surface area contributed by atoms with Gasteiger partial charge < -0.3 is 9.57 Å². The molecule has 0 saturated heterocycles. The lowest BCUT2D eigenvalue weighted by Crippen LogP contribution is -2.22. The Hall–Kier alpha value is -3.35. The highest BCUT2D eigenvalue weighted by Crippen LogP contribution is 2.23. The predicted octanol–water partition coefficient (Wildman–Crippen LogP) is 3.40. The van der Waals surface area contributed by atoms with Gasteiger partial charge in [0.05, 0.1) is 18.5 Å². The molecule has 0 amide bonds. The van der Waals surface area contributed by atoms with Crippen LogP contribution in [0, 0.1) is 0 Å². The minimum atomic E-state index is -0.284. The minimum absolute atomic E-state index is 0.225. The maximum Gasteiger partial charge on any atom is 0.353 e. The van der Waals surface area contributed by atoms with Crippen LogP contribution in [-0.2, 0) is 31.3 Å². The number of rotatable bonds is 6. The molecule has 0 aliphatic heterocycles. The van der Waals surface area contributed by atoms with Gasteiger partial charge >= 0.3 is 11.7 Å². The summed E-state index contributed by atoms with van der Waals surface area (Å²) in [6.45, 7) is 2.17. The first-order chi connectivity index (χ1) is 14.6.